The predicted octanol–water partition coefficient (Wildman–Crippen LogP) is 1.52. The first-order chi connectivity index (χ1) is 10.1. The second-order valence-electron chi connectivity index (χ2n) is 5.77. The molecule has 0 unspecified atom stereocenters. The zero-order chi connectivity index (χ0) is 15.1. The van der Waals surface area contributed by atoms with E-state index in [0.29, 0.717) is 0 Å². The van der Waals surface area contributed by atoms with Crippen molar-refractivity contribution in [2.24, 2.45) is 4.99 Å². The van der Waals surface area contributed by atoms with Crippen LogP contribution in [-0.4, -0.2) is 56.3 Å². The molecule has 0 amide bonds. The van der Waals surface area contributed by atoms with Gasteiger partial charge in [0, 0.05) is 37.1 Å². The molecule has 0 aliphatic carbocycles. The van der Waals surface area contributed by atoms with Crippen LogP contribution in [0.25, 0.3) is 0 Å². The summed E-state index contributed by atoms with van der Waals surface area (Å²) in [5.74, 6) is 0.852. The van der Waals surface area contributed by atoms with Gasteiger partial charge in [-0.05, 0) is 25.3 Å². The maximum atomic E-state index is 5.42. The van der Waals surface area contributed by atoms with Crippen LogP contribution in [0.4, 0.5) is 0 Å². The molecule has 2 N–H and O–H groups in total. The van der Waals surface area contributed by atoms with Crippen LogP contribution in [0.5, 0.6) is 0 Å². The van der Waals surface area contributed by atoms with E-state index in [2.05, 4.69) is 51.9 Å². The van der Waals surface area contributed by atoms with Crippen LogP contribution >= 0.6 is 11.3 Å². The fourth-order valence-electron chi connectivity index (χ4n) is 2.39. The summed E-state index contributed by atoms with van der Waals surface area (Å²) in [5.41, 5.74) is 0.0876. The number of thiophene rings is 1. The minimum absolute atomic E-state index is 0.0876. The Morgan fingerprint density at radius 1 is 1.38 bits per heavy atom. The molecule has 1 aromatic heterocycles. The summed E-state index contributed by atoms with van der Waals surface area (Å²) in [5, 5.41) is 8.88. The van der Waals surface area contributed by atoms with Gasteiger partial charge in [0.05, 0.1) is 19.8 Å². The van der Waals surface area contributed by atoms with Crippen molar-refractivity contribution < 1.29 is 4.74 Å². The maximum absolute atomic E-state index is 5.42. The molecule has 1 aliphatic heterocycles. The molecular formula is C15H26N4OS. The number of nitrogens with zero attached hydrogens (tertiary/aromatic N) is 2. The molecule has 21 heavy (non-hydrogen) atoms. The van der Waals surface area contributed by atoms with Gasteiger partial charge in [-0.15, -0.1) is 11.3 Å². The van der Waals surface area contributed by atoms with Crippen LogP contribution in [-0.2, 0) is 11.3 Å². The van der Waals surface area contributed by atoms with Crippen molar-refractivity contribution in [1.29, 1.82) is 0 Å². The van der Waals surface area contributed by atoms with Gasteiger partial charge in [0.15, 0.2) is 5.96 Å². The summed E-state index contributed by atoms with van der Waals surface area (Å²) in [4.78, 5) is 8.07. The highest BCUT2D eigenvalue weighted by Crippen LogP contribution is 2.15. The summed E-state index contributed by atoms with van der Waals surface area (Å²) in [7, 11) is 1.81. The highest BCUT2D eigenvalue weighted by molar-refractivity contribution is 7.09. The summed E-state index contributed by atoms with van der Waals surface area (Å²) in [6.07, 6.45) is 0. The van der Waals surface area contributed by atoms with Gasteiger partial charge in [0.25, 0.3) is 0 Å². The van der Waals surface area contributed by atoms with E-state index in [0.717, 1.165) is 45.4 Å². The zero-order valence-corrected chi connectivity index (χ0v) is 14.0. The van der Waals surface area contributed by atoms with Crippen LogP contribution in [0, 0.1) is 0 Å². The molecule has 1 saturated heterocycles. The van der Waals surface area contributed by atoms with E-state index in [1.54, 1.807) is 11.3 Å². The number of morpholine rings is 1. The third-order valence-electron chi connectivity index (χ3n) is 3.79. The van der Waals surface area contributed by atoms with Crippen molar-refractivity contribution in [3.63, 3.8) is 0 Å². The largest absolute Gasteiger partial charge is 0.379 e. The molecule has 118 valence electrons. The van der Waals surface area contributed by atoms with Crippen LogP contribution in [0.3, 0.4) is 0 Å². The molecule has 1 aliphatic rings. The normalized spacial score (nSPS) is 17.8. The first-order valence-corrected chi connectivity index (χ1v) is 8.29. The Kier molecular flexibility index (Phi) is 6.02. The summed E-state index contributed by atoms with van der Waals surface area (Å²) in [6, 6.07) is 4.20. The standard InChI is InChI=1S/C15H26N4OS/c1-15(2,19-6-8-20-9-7-19)12-18-14(16-3)17-11-13-5-4-10-21-13/h4-5,10H,6-9,11-12H2,1-3H3,(H2,16,17,18). The number of hydrogen-bond donors (Lipinski definition) is 2. The number of hydrogen-bond acceptors (Lipinski definition) is 4. The first kappa shape index (κ1) is 16.3. The molecule has 0 spiro atoms. The molecule has 1 fully saturated rings. The number of aliphatic imine (C=N–C) groups is 1. The number of guanidine groups is 1. The Balaban J connectivity index is 1.78. The van der Waals surface area contributed by atoms with E-state index < -0.39 is 0 Å². The van der Waals surface area contributed by atoms with Gasteiger partial charge in [-0.1, -0.05) is 6.07 Å². The topological polar surface area (TPSA) is 48.9 Å². The summed E-state index contributed by atoms with van der Waals surface area (Å²) >= 11 is 1.75. The molecule has 2 heterocycles. The Morgan fingerprint density at radius 3 is 2.76 bits per heavy atom. The minimum Gasteiger partial charge on any atom is -0.379 e. The minimum atomic E-state index is 0.0876. The van der Waals surface area contributed by atoms with Crippen molar-refractivity contribution in [2.75, 3.05) is 39.9 Å². The fraction of sp³-hybridized carbons (Fsp3) is 0.667. The second-order valence-corrected chi connectivity index (χ2v) is 6.80. The smallest absolute Gasteiger partial charge is 0.191 e. The third kappa shape index (κ3) is 4.98. The highest BCUT2D eigenvalue weighted by atomic mass is 32.1. The SMILES string of the molecule is CN=C(NCc1cccs1)NCC(C)(C)N1CCOCC1. The van der Waals surface area contributed by atoms with Crippen molar-refractivity contribution in [1.82, 2.24) is 15.5 Å². The summed E-state index contributed by atoms with van der Waals surface area (Å²) < 4.78 is 5.42. The molecule has 2 rings (SSSR count). The maximum Gasteiger partial charge on any atom is 0.191 e. The van der Waals surface area contributed by atoms with Crippen molar-refractivity contribution in [2.45, 2.75) is 25.9 Å². The molecule has 0 radical (unpaired) electrons. The lowest BCUT2D eigenvalue weighted by atomic mass is 10.0. The van der Waals surface area contributed by atoms with Gasteiger partial charge in [0.1, 0.15) is 0 Å². The molecule has 0 aromatic carbocycles. The molecule has 6 heteroatoms. The van der Waals surface area contributed by atoms with Crippen molar-refractivity contribution in [3.05, 3.63) is 22.4 Å². The van der Waals surface area contributed by atoms with Crippen LogP contribution in [0.1, 0.15) is 18.7 Å². The second kappa shape index (κ2) is 7.77. The predicted molar refractivity (Wildman–Crippen MR) is 89.0 cm³/mol. The van der Waals surface area contributed by atoms with Crippen LogP contribution < -0.4 is 10.6 Å². The average molecular weight is 310 g/mol. The molecule has 0 saturated carbocycles. The molecule has 1 aromatic rings. The first-order valence-electron chi connectivity index (χ1n) is 7.41. The van der Waals surface area contributed by atoms with Gasteiger partial charge < -0.3 is 15.4 Å². The third-order valence-corrected chi connectivity index (χ3v) is 4.67. The molecule has 0 bridgehead atoms. The van der Waals surface area contributed by atoms with E-state index in [1.165, 1.54) is 4.88 Å². The molecular weight excluding hydrogens is 284 g/mol. The van der Waals surface area contributed by atoms with Crippen molar-refractivity contribution in [3.8, 4) is 0 Å². The Hall–Kier alpha value is -1.11. The lowest BCUT2D eigenvalue weighted by Gasteiger charge is -2.41. The van der Waals surface area contributed by atoms with E-state index in [4.69, 9.17) is 4.74 Å². The Labute approximate surface area is 131 Å². The van der Waals surface area contributed by atoms with Gasteiger partial charge in [-0.3, -0.25) is 9.89 Å². The zero-order valence-electron chi connectivity index (χ0n) is 13.2. The van der Waals surface area contributed by atoms with E-state index in [9.17, 15) is 0 Å². The number of rotatable bonds is 5. The van der Waals surface area contributed by atoms with Gasteiger partial charge in [-0.25, -0.2) is 0 Å². The Bertz CT molecular complexity index is 439. The van der Waals surface area contributed by atoms with E-state index in [-0.39, 0.29) is 5.54 Å². The summed E-state index contributed by atoms with van der Waals surface area (Å²) in [6.45, 7) is 9.84. The number of ether oxygens (including phenoxy) is 1. The van der Waals surface area contributed by atoms with Gasteiger partial charge >= 0.3 is 0 Å². The Morgan fingerprint density at radius 2 is 2.14 bits per heavy atom. The number of nitrogens with one attached hydrogen (secondary N) is 2. The van der Waals surface area contributed by atoms with Crippen molar-refractivity contribution >= 4 is 17.3 Å². The highest BCUT2D eigenvalue weighted by Gasteiger charge is 2.28. The van der Waals surface area contributed by atoms with Gasteiger partial charge in [0.2, 0.25) is 0 Å². The fourth-order valence-corrected chi connectivity index (χ4v) is 3.03. The monoisotopic (exact) mass is 310 g/mol. The van der Waals surface area contributed by atoms with Crippen LogP contribution in [0.2, 0.25) is 0 Å². The molecule has 0 atom stereocenters. The lowest BCUT2D eigenvalue weighted by Crippen LogP contribution is -2.56. The van der Waals surface area contributed by atoms with Gasteiger partial charge in [-0.2, -0.15) is 0 Å². The lowest BCUT2D eigenvalue weighted by molar-refractivity contribution is -0.00834. The quantitative estimate of drug-likeness (QED) is 0.639. The molecule has 5 nitrogen and oxygen atoms in total. The average Bonchev–Trinajstić information content (AvgIpc) is 3.02. The van der Waals surface area contributed by atoms with Crippen LogP contribution in [0.15, 0.2) is 22.5 Å². The van der Waals surface area contributed by atoms with E-state index >= 15 is 0 Å². The van der Waals surface area contributed by atoms with E-state index in [1.807, 2.05) is 7.05 Å².